The number of benzene rings is 2. The van der Waals surface area contributed by atoms with Crippen LogP contribution in [0.25, 0.3) is 21.7 Å². The van der Waals surface area contributed by atoms with E-state index >= 15 is 0 Å². The van der Waals surface area contributed by atoms with Gasteiger partial charge in [-0.3, -0.25) is 4.79 Å². The highest BCUT2D eigenvalue weighted by molar-refractivity contribution is 7.12. The van der Waals surface area contributed by atoms with Crippen LogP contribution in [0.3, 0.4) is 0 Å². The summed E-state index contributed by atoms with van der Waals surface area (Å²) in [7, 11) is 1.52. The number of methoxy groups -OCH3 is 1. The summed E-state index contributed by atoms with van der Waals surface area (Å²) in [4.78, 5) is 16.8. The number of ether oxygens (including phenoxy) is 1. The van der Waals surface area contributed by atoms with E-state index in [-0.39, 0.29) is 22.0 Å². The van der Waals surface area contributed by atoms with Crippen molar-refractivity contribution >= 4 is 11.3 Å². The molecular formula is C19H16FNO3S. The summed E-state index contributed by atoms with van der Waals surface area (Å²) in [6.45, 7) is 3.78. The summed E-state index contributed by atoms with van der Waals surface area (Å²) in [5.74, 6) is -0.237. The molecule has 0 aliphatic rings. The summed E-state index contributed by atoms with van der Waals surface area (Å²) in [6, 6.07) is 9.32. The molecule has 128 valence electrons. The highest BCUT2D eigenvalue weighted by atomic mass is 32.1. The van der Waals surface area contributed by atoms with Crippen molar-refractivity contribution in [1.29, 1.82) is 0 Å². The second-order valence-electron chi connectivity index (χ2n) is 5.67. The fraction of sp³-hybridized carbons (Fsp3) is 0.158. The average Bonchev–Trinajstić information content (AvgIpc) is 2.56. The summed E-state index contributed by atoms with van der Waals surface area (Å²) < 4.78 is 18.1. The lowest BCUT2D eigenvalue weighted by molar-refractivity contribution is 0.414. The summed E-state index contributed by atoms with van der Waals surface area (Å²) in [5, 5.41) is 10.7. The van der Waals surface area contributed by atoms with Gasteiger partial charge in [0.15, 0.2) is 0 Å². The van der Waals surface area contributed by atoms with Crippen LogP contribution in [-0.4, -0.2) is 17.2 Å². The summed E-state index contributed by atoms with van der Waals surface area (Å²) >= 11 is 0.899. The third-order valence-electron chi connectivity index (χ3n) is 3.83. The number of aromatic nitrogens is 1. The molecule has 0 radical (unpaired) electrons. The molecule has 1 N–H and O–H groups in total. The average molecular weight is 357 g/mol. The lowest BCUT2D eigenvalue weighted by Crippen LogP contribution is -2.05. The van der Waals surface area contributed by atoms with Gasteiger partial charge in [0.2, 0.25) is 10.6 Å². The Bertz CT molecular complexity index is 997. The Morgan fingerprint density at radius 3 is 2.40 bits per heavy atom. The van der Waals surface area contributed by atoms with Crippen LogP contribution in [0.15, 0.2) is 41.2 Å². The van der Waals surface area contributed by atoms with Crippen LogP contribution in [-0.2, 0) is 0 Å². The van der Waals surface area contributed by atoms with Gasteiger partial charge in [0.25, 0.3) is 0 Å². The van der Waals surface area contributed by atoms with Crippen molar-refractivity contribution < 1.29 is 14.2 Å². The number of halogens is 1. The minimum absolute atomic E-state index is 0.116. The number of aryl methyl sites for hydroxylation is 2. The van der Waals surface area contributed by atoms with E-state index < -0.39 is 0 Å². The molecule has 0 spiro atoms. The maximum Gasteiger partial charge on any atom is 0.247 e. The highest BCUT2D eigenvalue weighted by Gasteiger charge is 2.20. The van der Waals surface area contributed by atoms with Crippen molar-refractivity contribution in [2.24, 2.45) is 0 Å². The van der Waals surface area contributed by atoms with Crippen LogP contribution in [0, 0.1) is 19.7 Å². The molecule has 1 aromatic heterocycles. The van der Waals surface area contributed by atoms with Crippen molar-refractivity contribution in [3.63, 3.8) is 0 Å². The summed E-state index contributed by atoms with van der Waals surface area (Å²) in [5.41, 5.74) is 3.02. The fourth-order valence-electron chi connectivity index (χ4n) is 2.74. The van der Waals surface area contributed by atoms with Crippen LogP contribution in [0.5, 0.6) is 11.6 Å². The molecular weight excluding hydrogens is 341 g/mol. The number of hydrogen-bond donors (Lipinski definition) is 1. The van der Waals surface area contributed by atoms with Gasteiger partial charge in [-0.2, -0.15) is 0 Å². The molecule has 0 unspecified atom stereocenters. The highest BCUT2D eigenvalue weighted by Crippen LogP contribution is 2.37. The number of rotatable bonds is 3. The molecule has 1 heterocycles. The van der Waals surface area contributed by atoms with Crippen molar-refractivity contribution in [1.82, 2.24) is 4.98 Å². The smallest absolute Gasteiger partial charge is 0.247 e. The van der Waals surface area contributed by atoms with Crippen LogP contribution in [0.2, 0.25) is 0 Å². The van der Waals surface area contributed by atoms with Gasteiger partial charge < -0.3 is 9.84 Å². The predicted octanol–water partition coefficient (Wildman–Crippen LogP) is 4.31. The Balaban J connectivity index is 2.20. The molecule has 0 atom stereocenters. The van der Waals surface area contributed by atoms with Crippen LogP contribution in [0.4, 0.5) is 4.39 Å². The van der Waals surface area contributed by atoms with Crippen LogP contribution < -0.4 is 9.48 Å². The monoisotopic (exact) mass is 357 g/mol. The van der Waals surface area contributed by atoms with Crippen LogP contribution >= 0.6 is 11.3 Å². The van der Waals surface area contributed by atoms with Crippen molar-refractivity contribution in [2.45, 2.75) is 13.8 Å². The third kappa shape index (κ3) is 3.25. The fourth-order valence-corrected chi connectivity index (χ4v) is 3.60. The first kappa shape index (κ1) is 17.1. The first-order valence-electron chi connectivity index (χ1n) is 7.56. The molecule has 0 bridgehead atoms. The molecule has 0 amide bonds. The molecule has 6 heteroatoms. The van der Waals surface area contributed by atoms with Gasteiger partial charge in [-0.1, -0.05) is 17.4 Å². The Labute approximate surface area is 148 Å². The largest absolute Gasteiger partial charge is 0.496 e. The lowest BCUT2D eigenvalue weighted by Gasteiger charge is -2.13. The second-order valence-corrected chi connectivity index (χ2v) is 6.63. The molecule has 0 fully saturated rings. The van der Waals surface area contributed by atoms with Gasteiger partial charge in [-0.25, -0.2) is 9.37 Å². The van der Waals surface area contributed by atoms with Crippen molar-refractivity contribution in [3.05, 3.63) is 62.9 Å². The zero-order chi connectivity index (χ0) is 18.1. The van der Waals surface area contributed by atoms with Gasteiger partial charge in [0.05, 0.1) is 7.11 Å². The molecule has 0 aliphatic heterocycles. The van der Waals surface area contributed by atoms with Crippen molar-refractivity contribution in [3.8, 4) is 33.3 Å². The normalized spacial score (nSPS) is 10.7. The zero-order valence-electron chi connectivity index (χ0n) is 14.0. The van der Waals surface area contributed by atoms with Gasteiger partial charge in [0, 0.05) is 11.1 Å². The number of nitrogens with zero attached hydrogens (tertiary/aromatic N) is 1. The minimum atomic E-state index is -0.378. The van der Waals surface area contributed by atoms with Gasteiger partial charge in [-0.05, 0) is 55.3 Å². The third-order valence-corrected chi connectivity index (χ3v) is 4.74. The molecule has 25 heavy (non-hydrogen) atoms. The van der Waals surface area contributed by atoms with E-state index in [1.54, 1.807) is 6.07 Å². The zero-order valence-corrected chi connectivity index (χ0v) is 14.8. The maximum absolute atomic E-state index is 13.1. The second kappa shape index (κ2) is 6.64. The molecule has 0 aliphatic carbocycles. The molecule has 3 rings (SSSR count). The quantitative estimate of drug-likeness (QED) is 0.759. The van der Waals surface area contributed by atoms with Crippen molar-refractivity contribution in [2.75, 3.05) is 7.11 Å². The Morgan fingerprint density at radius 1 is 1.12 bits per heavy atom. The number of hydrogen-bond acceptors (Lipinski definition) is 5. The Hall–Kier alpha value is -2.73. The molecule has 2 aromatic carbocycles. The minimum Gasteiger partial charge on any atom is -0.496 e. The van der Waals surface area contributed by atoms with Gasteiger partial charge in [-0.15, -0.1) is 0 Å². The topological polar surface area (TPSA) is 59.4 Å². The number of aromatic hydroxyl groups is 1. The molecule has 0 saturated carbocycles. The van der Waals surface area contributed by atoms with E-state index in [4.69, 9.17) is 4.74 Å². The van der Waals surface area contributed by atoms with E-state index in [9.17, 15) is 14.3 Å². The molecule has 0 saturated heterocycles. The van der Waals surface area contributed by atoms with Crippen LogP contribution in [0.1, 0.15) is 11.1 Å². The van der Waals surface area contributed by atoms with Gasteiger partial charge >= 0.3 is 0 Å². The molecule has 3 aromatic rings. The van der Waals surface area contributed by atoms with Gasteiger partial charge in [0.1, 0.15) is 22.1 Å². The first-order chi connectivity index (χ1) is 11.9. The van der Waals surface area contributed by atoms with E-state index in [0.717, 1.165) is 22.5 Å². The van der Waals surface area contributed by atoms with E-state index in [0.29, 0.717) is 21.9 Å². The summed E-state index contributed by atoms with van der Waals surface area (Å²) in [6.07, 6.45) is 0. The Kier molecular flexibility index (Phi) is 4.55. The van der Waals surface area contributed by atoms with E-state index in [2.05, 4.69) is 4.98 Å². The standard InChI is InChI=1S/C19H16FNO3S/c1-10-8-11(2)15(14(9-10)24-3)16-17(22)21-18(25-19(16)23)12-4-6-13(20)7-5-12/h4-9,22H,1-3H3. The van der Waals surface area contributed by atoms with E-state index in [1.807, 2.05) is 19.9 Å². The first-order valence-corrected chi connectivity index (χ1v) is 8.38. The lowest BCUT2D eigenvalue weighted by atomic mass is 9.99. The SMILES string of the molecule is COc1cc(C)cc(C)c1-c1c(O)nc(-c2ccc(F)cc2)sc1=O. The Morgan fingerprint density at radius 2 is 1.80 bits per heavy atom. The molecule has 4 nitrogen and oxygen atoms in total. The van der Waals surface area contributed by atoms with E-state index in [1.165, 1.54) is 31.4 Å². The predicted molar refractivity (Wildman–Crippen MR) is 96.9 cm³/mol. The maximum atomic E-state index is 13.1.